The van der Waals surface area contributed by atoms with Crippen LogP contribution in [0.1, 0.15) is 24.5 Å². The van der Waals surface area contributed by atoms with Crippen LogP contribution < -0.4 is 0 Å². The van der Waals surface area contributed by atoms with Gasteiger partial charge in [-0.2, -0.15) is 5.26 Å². The molecule has 0 saturated heterocycles. The summed E-state index contributed by atoms with van der Waals surface area (Å²) in [5.41, 5.74) is 1.25. The van der Waals surface area contributed by atoms with Gasteiger partial charge in [0.25, 0.3) is 0 Å². The van der Waals surface area contributed by atoms with Crippen molar-refractivity contribution < 1.29 is 9.53 Å². The molecule has 3 nitrogen and oxygen atoms in total. The molecule has 0 N–H and O–H groups in total. The van der Waals surface area contributed by atoms with E-state index in [0.29, 0.717) is 17.2 Å². The van der Waals surface area contributed by atoms with Gasteiger partial charge in [-0.1, -0.05) is 29.8 Å². The molecule has 1 aromatic rings. The van der Waals surface area contributed by atoms with E-state index in [1.165, 1.54) is 0 Å². The lowest BCUT2D eigenvalue weighted by molar-refractivity contribution is -0.142. The molecule has 0 radical (unpaired) electrons. The number of carbonyl (C=O) groups is 1. The summed E-state index contributed by atoms with van der Waals surface area (Å²) >= 11 is 5.80. The minimum Gasteiger partial charge on any atom is -0.466 e. The van der Waals surface area contributed by atoms with Crippen LogP contribution in [0.15, 0.2) is 24.3 Å². The van der Waals surface area contributed by atoms with E-state index in [4.69, 9.17) is 21.6 Å². The fourth-order valence-corrected chi connectivity index (χ4v) is 1.40. The van der Waals surface area contributed by atoms with Crippen molar-refractivity contribution >= 4 is 23.6 Å². The predicted octanol–water partition coefficient (Wildman–Crippen LogP) is 3.18. The third-order valence-corrected chi connectivity index (χ3v) is 2.34. The van der Waals surface area contributed by atoms with Gasteiger partial charge in [0.2, 0.25) is 0 Å². The molecule has 88 valence electrons. The van der Waals surface area contributed by atoms with Gasteiger partial charge >= 0.3 is 5.97 Å². The zero-order chi connectivity index (χ0) is 12.7. The van der Waals surface area contributed by atoms with Gasteiger partial charge in [-0.05, 0) is 24.6 Å². The lowest BCUT2D eigenvalue weighted by atomic mass is 10.1. The Kier molecular flexibility index (Phi) is 5.25. The number of halogens is 1. The van der Waals surface area contributed by atoms with Crippen molar-refractivity contribution in [2.45, 2.75) is 13.3 Å². The van der Waals surface area contributed by atoms with E-state index >= 15 is 0 Å². The van der Waals surface area contributed by atoms with E-state index < -0.39 is 0 Å². The highest BCUT2D eigenvalue weighted by molar-refractivity contribution is 6.31. The maximum atomic E-state index is 11.1. The highest BCUT2D eigenvalue weighted by Crippen LogP contribution is 2.17. The summed E-state index contributed by atoms with van der Waals surface area (Å²) in [5.74, 6) is -0.266. The van der Waals surface area contributed by atoms with Crippen molar-refractivity contribution in [3.05, 3.63) is 40.4 Å². The molecule has 4 heteroatoms. The Hall–Kier alpha value is -1.79. The Morgan fingerprint density at radius 1 is 1.59 bits per heavy atom. The molecule has 1 aromatic carbocycles. The minimum atomic E-state index is -0.266. The largest absolute Gasteiger partial charge is 0.466 e. The smallest absolute Gasteiger partial charge is 0.309 e. The Morgan fingerprint density at radius 3 is 3.00 bits per heavy atom. The molecule has 0 aliphatic rings. The number of nitriles is 1. The third kappa shape index (κ3) is 4.29. The number of benzene rings is 1. The van der Waals surface area contributed by atoms with Crippen LogP contribution in [-0.4, -0.2) is 12.6 Å². The standard InChI is InChI=1S/C13H12ClNO2/c1-2-17-13(16)5-3-4-10-6-7-12(14)11(8-10)9-15/h3-4,6-8H,2,5H2,1H3. The summed E-state index contributed by atoms with van der Waals surface area (Å²) in [7, 11) is 0. The van der Waals surface area contributed by atoms with Crippen molar-refractivity contribution in [3.8, 4) is 6.07 Å². The van der Waals surface area contributed by atoms with Gasteiger partial charge in [-0.15, -0.1) is 0 Å². The van der Waals surface area contributed by atoms with E-state index in [2.05, 4.69) is 0 Å². The fraction of sp³-hybridized carbons (Fsp3) is 0.231. The summed E-state index contributed by atoms with van der Waals surface area (Å²) in [4.78, 5) is 11.1. The highest BCUT2D eigenvalue weighted by atomic mass is 35.5. The van der Waals surface area contributed by atoms with Gasteiger partial charge in [0.1, 0.15) is 6.07 Å². The second kappa shape index (κ2) is 6.72. The van der Waals surface area contributed by atoms with Crippen LogP contribution in [0.5, 0.6) is 0 Å². The van der Waals surface area contributed by atoms with Gasteiger partial charge in [0.15, 0.2) is 0 Å². The summed E-state index contributed by atoms with van der Waals surface area (Å²) in [6.45, 7) is 2.15. The zero-order valence-electron chi connectivity index (χ0n) is 9.44. The van der Waals surface area contributed by atoms with Crippen LogP contribution in [0.4, 0.5) is 0 Å². The second-order valence-corrected chi connectivity index (χ2v) is 3.67. The number of hydrogen-bond donors (Lipinski definition) is 0. The van der Waals surface area contributed by atoms with Gasteiger partial charge in [-0.3, -0.25) is 4.79 Å². The van der Waals surface area contributed by atoms with E-state index in [0.717, 1.165) is 5.56 Å². The molecule has 17 heavy (non-hydrogen) atoms. The molecule has 0 saturated carbocycles. The van der Waals surface area contributed by atoms with E-state index in [1.54, 1.807) is 37.3 Å². The van der Waals surface area contributed by atoms with E-state index in [-0.39, 0.29) is 12.4 Å². The molecule has 0 heterocycles. The molecule has 1 rings (SSSR count). The lowest BCUT2D eigenvalue weighted by Gasteiger charge is -1.98. The first-order valence-corrected chi connectivity index (χ1v) is 5.57. The molecule has 0 spiro atoms. The monoisotopic (exact) mass is 249 g/mol. The molecule has 0 aliphatic carbocycles. The highest BCUT2D eigenvalue weighted by Gasteiger charge is 2.00. The van der Waals surface area contributed by atoms with E-state index in [9.17, 15) is 4.79 Å². The second-order valence-electron chi connectivity index (χ2n) is 3.26. The first-order valence-electron chi connectivity index (χ1n) is 5.19. The normalized spacial score (nSPS) is 10.2. The van der Waals surface area contributed by atoms with Crippen molar-refractivity contribution in [2.75, 3.05) is 6.61 Å². The number of nitrogens with zero attached hydrogens (tertiary/aromatic N) is 1. The van der Waals surface area contributed by atoms with Crippen molar-refractivity contribution in [1.82, 2.24) is 0 Å². The summed E-state index contributed by atoms with van der Waals surface area (Å²) in [6, 6.07) is 7.11. The molecule has 0 aliphatic heterocycles. The van der Waals surface area contributed by atoms with Gasteiger partial charge in [0, 0.05) is 0 Å². The molecule has 0 fully saturated rings. The van der Waals surface area contributed by atoms with Crippen LogP contribution in [0, 0.1) is 11.3 Å². The number of esters is 1. The maximum Gasteiger partial charge on any atom is 0.309 e. The molecular formula is C13H12ClNO2. The molecule has 0 atom stereocenters. The van der Waals surface area contributed by atoms with Gasteiger partial charge in [-0.25, -0.2) is 0 Å². The SMILES string of the molecule is CCOC(=O)CC=Cc1ccc(Cl)c(C#N)c1. The quantitative estimate of drug-likeness (QED) is 0.770. The fourth-order valence-electron chi connectivity index (χ4n) is 1.24. The predicted molar refractivity (Wildman–Crippen MR) is 66.5 cm³/mol. The number of carbonyl (C=O) groups excluding carboxylic acids is 1. The molecular weight excluding hydrogens is 238 g/mol. The first kappa shape index (κ1) is 13.3. The Morgan fingerprint density at radius 2 is 2.35 bits per heavy atom. The van der Waals surface area contributed by atoms with Crippen LogP contribution in [0.25, 0.3) is 6.08 Å². The molecule has 0 aromatic heterocycles. The Balaban J connectivity index is 2.66. The van der Waals surface area contributed by atoms with Crippen LogP contribution in [-0.2, 0) is 9.53 Å². The minimum absolute atomic E-state index is 0.221. The number of ether oxygens (including phenoxy) is 1. The number of hydrogen-bond acceptors (Lipinski definition) is 3. The van der Waals surface area contributed by atoms with Crippen molar-refractivity contribution in [3.63, 3.8) is 0 Å². The number of rotatable bonds is 4. The summed E-state index contributed by atoms with van der Waals surface area (Å²) in [5, 5.41) is 9.22. The molecule has 0 unspecified atom stereocenters. The Bertz CT molecular complexity index is 475. The molecule has 0 bridgehead atoms. The average molecular weight is 250 g/mol. The maximum absolute atomic E-state index is 11.1. The lowest BCUT2D eigenvalue weighted by Crippen LogP contribution is -2.01. The van der Waals surface area contributed by atoms with Crippen LogP contribution in [0.2, 0.25) is 5.02 Å². The zero-order valence-corrected chi connectivity index (χ0v) is 10.2. The molecule has 0 amide bonds. The van der Waals surface area contributed by atoms with Gasteiger partial charge in [0.05, 0.1) is 23.6 Å². The Labute approximate surface area is 105 Å². The van der Waals surface area contributed by atoms with Crippen molar-refractivity contribution in [1.29, 1.82) is 5.26 Å². The summed E-state index contributed by atoms with van der Waals surface area (Å²) < 4.78 is 4.78. The van der Waals surface area contributed by atoms with Crippen molar-refractivity contribution in [2.24, 2.45) is 0 Å². The van der Waals surface area contributed by atoms with Gasteiger partial charge < -0.3 is 4.74 Å². The third-order valence-electron chi connectivity index (χ3n) is 2.01. The topological polar surface area (TPSA) is 50.1 Å². The van der Waals surface area contributed by atoms with Crippen LogP contribution >= 0.6 is 11.6 Å². The first-order chi connectivity index (χ1) is 8.17. The van der Waals surface area contributed by atoms with Crippen LogP contribution in [0.3, 0.4) is 0 Å². The summed E-state index contributed by atoms with van der Waals surface area (Å²) in [6.07, 6.45) is 3.68. The average Bonchev–Trinajstić information content (AvgIpc) is 2.31. The van der Waals surface area contributed by atoms with E-state index in [1.807, 2.05) is 6.07 Å².